The number of nitrogens with zero attached hydrogens (tertiary/aromatic N) is 4. The van der Waals surface area contributed by atoms with Crippen molar-refractivity contribution in [2.45, 2.75) is 58.3 Å². The number of nitriles is 1. The lowest BCUT2D eigenvalue weighted by Gasteiger charge is -2.33. The molecular weight excluding hydrogens is 525 g/mol. The standard InChI is InChI=1S/C31H30FN5O4/c1-31(15-27-34-25-14-26(30(38)39)36-29(25)37(27)17-22-9-12-40-22)10-7-20(8-11-31)24-3-2-4-28(35-24)41-18-21-6-5-19(16-33)13-23(21)32/h2-7,13-14,22,36H,8-12,15,17-18H2,1H3,(H,38,39). The molecule has 0 saturated carbocycles. The number of rotatable bonds is 9. The van der Waals surface area contributed by atoms with Gasteiger partial charge in [-0.25, -0.2) is 19.2 Å². The Bertz CT molecular complexity index is 1700. The van der Waals surface area contributed by atoms with Crippen LogP contribution in [0.15, 0.2) is 48.5 Å². The summed E-state index contributed by atoms with van der Waals surface area (Å²) in [5.74, 6) is -0.134. The summed E-state index contributed by atoms with van der Waals surface area (Å²) in [5, 5.41) is 18.3. The van der Waals surface area contributed by atoms with Crippen molar-refractivity contribution in [3.63, 3.8) is 0 Å². The van der Waals surface area contributed by atoms with Crippen LogP contribution in [0.1, 0.15) is 65.7 Å². The first-order chi connectivity index (χ1) is 19.8. The van der Waals surface area contributed by atoms with Gasteiger partial charge in [0.15, 0.2) is 0 Å². The Morgan fingerprint density at radius 2 is 2.17 bits per heavy atom. The molecule has 1 saturated heterocycles. The maximum absolute atomic E-state index is 14.2. The Morgan fingerprint density at radius 1 is 1.32 bits per heavy atom. The van der Waals surface area contributed by atoms with E-state index in [1.165, 1.54) is 6.07 Å². The highest BCUT2D eigenvalue weighted by Crippen LogP contribution is 2.41. The number of carboxylic acids is 1. The molecule has 3 aromatic heterocycles. The summed E-state index contributed by atoms with van der Waals surface area (Å²) in [6.45, 7) is 3.67. The van der Waals surface area contributed by atoms with E-state index in [-0.39, 0.29) is 29.4 Å². The molecule has 2 N–H and O–H groups in total. The molecule has 1 fully saturated rings. The number of nitrogens with one attached hydrogen (secondary N) is 1. The van der Waals surface area contributed by atoms with E-state index in [9.17, 15) is 14.3 Å². The number of carbonyl (C=O) groups is 1. The molecule has 10 heteroatoms. The van der Waals surface area contributed by atoms with Gasteiger partial charge in [-0.15, -0.1) is 0 Å². The van der Waals surface area contributed by atoms with Crippen molar-refractivity contribution in [1.82, 2.24) is 19.5 Å². The van der Waals surface area contributed by atoms with Crippen molar-refractivity contribution in [3.8, 4) is 11.9 Å². The summed E-state index contributed by atoms with van der Waals surface area (Å²) in [7, 11) is 0. The third kappa shape index (κ3) is 5.58. The van der Waals surface area contributed by atoms with Crippen molar-refractivity contribution < 1.29 is 23.8 Å². The van der Waals surface area contributed by atoms with Crippen molar-refractivity contribution >= 4 is 22.7 Å². The van der Waals surface area contributed by atoms with Crippen molar-refractivity contribution in [3.05, 3.63) is 82.7 Å². The molecule has 9 nitrogen and oxygen atoms in total. The van der Waals surface area contributed by atoms with Gasteiger partial charge in [0.05, 0.1) is 30.0 Å². The zero-order valence-corrected chi connectivity index (χ0v) is 22.7. The molecule has 4 heterocycles. The molecule has 2 unspecified atom stereocenters. The van der Waals surface area contributed by atoms with Gasteiger partial charge in [0, 0.05) is 24.7 Å². The van der Waals surface area contributed by atoms with E-state index in [0.717, 1.165) is 61.4 Å². The third-order valence-corrected chi connectivity index (χ3v) is 8.05. The lowest BCUT2D eigenvalue weighted by atomic mass is 9.73. The van der Waals surface area contributed by atoms with E-state index < -0.39 is 11.8 Å². The smallest absolute Gasteiger partial charge is 0.352 e. The van der Waals surface area contributed by atoms with Crippen LogP contribution in [0.2, 0.25) is 0 Å². The Labute approximate surface area is 236 Å². The molecule has 0 spiro atoms. The molecule has 0 radical (unpaired) electrons. The molecule has 4 aromatic rings. The van der Waals surface area contributed by atoms with Crippen LogP contribution < -0.4 is 4.74 Å². The number of halogens is 1. The highest BCUT2D eigenvalue weighted by atomic mass is 19.1. The molecule has 1 aromatic carbocycles. The van der Waals surface area contributed by atoms with E-state index in [1.54, 1.807) is 24.3 Å². The molecule has 210 valence electrons. The lowest BCUT2D eigenvalue weighted by molar-refractivity contribution is -0.0592. The van der Waals surface area contributed by atoms with E-state index in [4.69, 9.17) is 19.7 Å². The SMILES string of the molecule is CC1(Cc2nc3cc(C(=O)O)[nH]c3n2CC2CCO2)CC=C(c2cccc(OCc3ccc(C#N)cc3F)n2)CC1. The Balaban J connectivity index is 1.15. The van der Waals surface area contributed by atoms with Crippen LogP contribution in [-0.4, -0.2) is 43.3 Å². The maximum Gasteiger partial charge on any atom is 0.352 e. The van der Waals surface area contributed by atoms with Gasteiger partial charge < -0.3 is 24.1 Å². The van der Waals surface area contributed by atoms with Crippen LogP contribution in [-0.2, 0) is 24.3 Å². The van der Waals surface area contributed by atoms with E-state index in [1.807, 2.05) is 18.2 Å². The summed E-state index contributed by atoms with van der Waals surface area (Å²) >= 11 is 0. The first kappa shape index (κ1) is 26.7. The number of H-pyrrole nitrogens is 1. The molecule has 0 bridgehead atoms. The van der Waals surface area contributed by atoms with E-state index in [2.05, 4.69) is 27.5 Å². The van der Waals surface area contributed by atoms with Gasteiger partial charge in [-0.2, -0.15) is 5.26 Å². The Kier molecular flexibility index (Phi) is 7.05. The number of aromatic nitrogens is 4. The van der Waals surface area contributed by atoms with Crippen LogP contribution in [0.5, 0.6) is 5.88 Å². The Hall–Kier alpha value is -4.49. The van der Waals surface area contributed by atoms with Gasteiger partial charge >= 0.3 is 5.97 Å². The fourth-order valence-electron chi connectivity index (χ4n) is 5.48. The number of aromatic carboxylic acids is 1. The number of fused-ring (bicyclic) bond motifs is 1. The number of hydrogen-bond acceptors (Lipinski definition) is 6. The number of pyridine rings is 1. The number of allylic oxidation sites excluding steroid dienone is 2. The van der Waals surface area contributed by atoms with E-state index in [0.29, 0.717) is 23.5 Å². The predicted molar refractivity (Wildman–Crippen MR) is 149 cm³/mol. The molecule has 1 aliphatic carbocycles. The van der Waals surface area contributed by atoms with Crippen LogP contribution >= 0.6 is 0 Å². The molecule has 2 atom stereocenters. The zero-order chi connectivity index (χ0) is 28.6. The first-order valence-electron chi connectivity index (χ1n) is 13.7. The second-order valence-corrected chi connectivity index (χ2v) is 11.1. The average Bonchev–Trinajstić information content (AvgIpc) is 3.48. The molecule has 6 rings (SSSR count). The number of carboxylic acid groups (broad SMARTS) is 1. The summed E-state index contributed by atoms with van der Waals surface area (Å²) in [5.41, 5.74) is 4.10. The largest absolute Gasteiger partial charge is 0.477 e. The minimum Gasteiger partial charge on any atom is -0.477 e. The summed E-state index contributed by atoms with van der Waals surface area (Å²) in [4.78, 5) is 24.0. The molecule has 1 aliphatic heterocycles. The van der Waals surface area contributed by atoms with Crippen molar-refractivity contribution in [2.24, 2.45) is 5.41 Å². The zero-order valence-electron chi connectivity index (χ0n) is 22.7. The minimum absolute atomic E-state index is 0.0195. The lowest BCUT2D eigenvalue weighted by Crippen LogP contribution is -2.32. The van der Waals surface area contributed by atoms with Crippen molar-refractivity contribution in [1.29, 1.82) is 5.26 Å². The Morgan fingerprint density at radius 3 is 2.85 bits per heavy atom. The first-order valence-corrected chi connectivity index (χ1v) is 13.7. The topological polar surface area (TPSA) is 126 Å². The number of hydrogen-bond donors (Lipinski definition) is 2. The van der Waals surface area contributed by atoms with Crippen LogP contribution in [0.25, 0.3) is 16.7 Å². The quantitative estimate of drug-likeness (QED) is 0.273. The second-order valence-electron chi connectivity index (χ2n) is 11.1. The monoisotopic (exact) mass is 555 g/mol. The number of benzene rings is 1. The highest BCUT2D eigenvalue weighted by molar-refractivity contribution is 5.91. The number of imidazole rings is 1. The summed E-state index contributed by atoms with van der Waals surface area (Å²) in [6, 6.07) is 13.4. The predicted octanol–water partition coefficient (Wildman–Crippen LogP) is 5.65. The van der Waals surface area contributed by atoms with Gasteiger partial charge in [-0.3, -0.25) is 0 Å². The summed E-state index contributed by atoms with van der Waals surface area (Å²) in [6.07, 6.45) is 6.68. The fraction of sp³-hybridized carbons (Fsp3) is 0.355. The number of ether oxygens (including phenoxy) is 2. The van der Waals surface area contributed by atoms with Gasteiger partial charge in [0.25, 0.3) is 0 Å². The average molecular weight is 556 g/mol. The van der Waals surface area contributed by atoms with Crippen molar-refractivity contribution in [2.75, 3.05) is 6.61 Å². The maximum atomic E-state index is 14.2. The number of aromatic amines is 1. The van der Waals surface area contributed by atoms with Gasteiger partial charge in [0.1, 0.15) is 35.1 Å². The molecule has 0 amide bonds. The molecule has 2 aliphatic rings. The minimum atomic E-state index is -1.00. The molecule has 41 heavy (non-hydrogen) atoms. The second kappa shape index (κ2) is 10.8. The highest BCUT2D eigenvalue weighted by Gasteiger charge is 2.32. The van der Waals surface area contributed by atoms with Crippen LogP contribution in [0.3, 0.4) is 0 Å². The van der Waals surface area contributed by atoms with Gasteiger partial charge in [0.2, 0.25) is 5.88 Å². The van der Waals surface area contributed by atoms with E-state index >= 15 is 0 Å². The van der Waals surface area contributed by atoms with Gasteiger partial charge in [-0.1, -0.05) is 25.1 Å². The third-order valence-electron chi connectivity index (χ3n) is 8.05. The van der Waals surface area contributed by atoms with Gasteiger partial charge in [-0.05, 0) is 60.9 Å². The fourth-order valence-corrected chi connectivity index (χ4v) is 5.48. The van der Waals surface area contributed by atoms with Crippen LogP contribution in [0.4, 0.5) is 4.39 Å². The molecular formula is C31H30FN5O4. The van der Waals surface area contributed by atoms with Crippen LogP contribution in [0, 0.1) is 22.6 Å². The normalized spacial score (nSPS) is 20.3. The summed E-state index contributed by atoms with van der Waals surface area (Å²) < 4.78 is 27.8.